The van der Waals surface area contributed by atoms with Crippen LogP contribution in [0.4, 0.5) is 4.39 Å². The molecule has 2 aromatic carbocycles. The monoisotopic (exact) mass is 399 g/mol. The standard InChI is InChI=1S/C16H15FINO2/c1-19(16(20)12-2-6-14(18)7-3-12)10-11-21-15-8-4-13(17)5-9-15/h2-9H,10-11H2,1H3. The second-order valence-corrected chi connectivity index (χ2v) is 5.78. The minimum absolute atomic E-state index is 0.0471. The lowest BCUT2D eigenvalue weighted by molar-refractivity contribution is 0.0774. The fourth-order valence-corrected chi connectivity index (χ4v) is 2.11. The van der Waals surface area contributed by atoms with Gasteiger partial charge in [-0.25, -0.2) is 4.39 Å². The first-order valence-corrected chi connectivity index (χ1v) is 7.53. The Balaban J connectivity index is 1.83. The van der Waals surface area contributed by atoms with Gasteiger partial charge in [-0.3, -0.25) is 4.79 Å². The highest BCUT2D eigenvalue weighted by atomic mass is 127. The molecular weight excluding hydrogens is 384 g/mol. The maximum Gasteiger partial charge on any atom is 0.253 e. The van der Waals surface area contributed by atoms with Gasteiger partial charge < -0.3 is 9.64 Å². The highest BCUT2D eigenvalue weighted by Crippen LogP contribution is 2.11. The maximum absolute atomic E-state index is 12.8. The molecule has 110 valence electrons. The zero-order chi connectivity index (χ0) is 15.2. The topological polar surface area (TPSA) is 29.5 Å². The third kappa shape index (κ3) is 4.70. The van der Waals surface area contributed by atoms with Gasteiger partial charge in [0.05, 0.1) is 6.54 Å². The molecule has 2 rings (SSSR count). The van der Waals surface area contributed by atoms with Crippen molar-refractivity contribution in [3.8, 4) is 5.75 Å². The molecule has 0 saturated carbocycles. The number of benzene rings is 2. The fraction of sp³-hybridized carbons (Fsp3) is 0.188. The van der Waals surface area contributed by atoms with Crippen molar-refractivity contribution in [2.24, 2.45) is 0 Å². The van der Waals surface area contributed by atoms with Gasteiger partial charge in [0.2, 0.25) is 0 Å². The second-order valence-electron chi connectivity index (χ2n) is 4.54. The molecule has 3 nitrogen and oxygen atoms in total. The summed E-state index contributed by atoms with van der Waals surface area (Å²) in [7, 11) is 1.73. The minimum atomic E-state index is -0.298. The van der Waals surface area contributed by atoms with Crippen LogP contribution in [0.25, 0.3) is 0 Å². The molecule has 1 amide bonds. The van der Waals surface area contributed by atoms with Gasteiger partial charge in [0.25, 0.3) is 5.91 Å². The summed E-state index contributed by atoms with van der Waals surface area (Å²) >= 11 is 2.20. The van der Waals surface area contributed by atoms with E-state index in [4.69, 9.17) is 4.74 Å². The summed E-state index contributed by atoms with van der Waals surface area (Å²) in [6, 6.07) is 13.2. The van der Waals surface area contributed by atoms with Gasteiger partial charge in [-0.2, -0.15) is 0 Å². The summed E-state index contributed by atoms with van der Waals surface area (Å²) in [5.74, 6) is 0.244. The van der Waals surface area contributed by atoms with Crippen LogP contribution in [0.5, 0.6) is 5.75 Å². The Hall–Kier alpha value is -1.63. The average Bonchev–Trinajstić information content (AvgIpc) is 2.49. The van der Waals surface area contributed by atoms with Crippen LogP contribution < -0.4 is 4.74 Å². The third-order valence-electron chi connectivity index (χ3n) is 2.95. The second kappa shape index (κ2) is 7.40. The van der Waals surface area contributed by atoms with E-state index >= 15 is 0 Å². The van der Waals surface area contributed by atoms with Crippen LogP contribution in [0.15, 0.2) is 48.5 Å². The van der Waals surface area contributed by atoms with Crippen molar-refractivity contribution in [3.63, 3.8) is 0 Å². The number of amides is 1. The lowest BCUT2D eigenvalue weighted by atomic mass is 10.2. The Morgan fingerprint density at radius 1 is 1.14 bits per heavy atom. The maximum atomic E-state index is 12.8. The van der Waals surface area contributed by atoms with Gasteiger partial charge in [0.1, 0.15) is 18.2 Å². The van der Waals surface area contributed by atoms with Crippen molar-refractivity contribution in [1.29, 1.82) is 0 Å². The zero-order valence-electron chi connectivity index (χ0n) is 11.6. The fourth-order valence-electron chi connectivity index (χ4n) is 1.75. The van der Waals surface area contributed by atoms with Gasteiger partial charge in [0.15, 0.2) is 0 Å². The molecule has 5 heteroatoms. The number of carbonyl (C=O) groups excluding carboxylic acids is 1. The van der Waals surface area contributed by atoms with E-state index in [0.29, 0.717) is 24.5 Å². The van der Waals surface area contributed by atoms with Crippen LogP contribution in [0.2, 0.25) is 0 Å². The number of likely N-dealkylation sites (N-methyl/N-ethyl adjacent to an activating group) is 1. The lowest BCUT2D eigenvalue weighted by Gasteiger charge is -2.17. The summed E-state index contributed by atoms with van der Waals surface area (Å²) in [4.78, 5) is 13.8. The van der Waals surface area contributed by atoms with Crippen LogP contribution in [0.1, 0.15) is 10.4 Å². The molecule has 0 atom stereocenters. The van der Waals surface area contributed by atoms with E-state index in [1.807, 2.05) is 12.1 Å². The first-order valence-electron chi connectivity index (χ1n) is 6.45. The Morgan fingerprint density at radius 3 is 2.38 bits per heavy atom. The number of halogens is 2. The van der Waals surface area contributed by atoms with E-state index in [-0.39, 0.29) is 11.7 Å². The van der Waals surface area contributed by atoms with Crippen molar-refractivity contribution in [1.82, 2.24) is 4.90 Å². The van der Waals surface area contributed by atoms with Crippen molar-refractivity contribution >= 4 is 28.5 Å². The first-order chi connectivity index (χ1) is 10.1. The summed E-state index contributed by atoms with van der Waals surface area (Å²) in [6.07, 6.45) is 0. The number of carbonyl (C=O) groups is 1. The SMILES string of the molecule is CN(CCOc1ccc(F)cc1)C(=O)c1ccc(I)cc1. The van der Waals surface area contributed by atoms with Gasteiger partial charge in [-0.1, -0.05) is 0 Å². The molecule has 0 radical (unpaired) electrons. The van der Waals surface area contributed by atoms with E-state index in [0.717, 1.165) is 3.57 Å². The molecule has 0 aromatic heterocycles. The Kier molecular flexibility index (Phi) is 5.55. The number of nitrogens with zero attached hydrogens (tertiary/aromatic N) is 1. The molecule has 0 fully saturated rings. The molecule has 21 heavy (non-hydrogen) atoms. The van der Waals surface area contributed by atoms with Crippen molar-refractivity contribution < 1.29 is 13.9 Å². The molecule has 0 saturated heterocycles. The van der Waals surface area contributed by atoms with Crippen LogP contribution in [-0.2, 0) is 0 Å². The summed E-state index contributed by atoms with van der Waals surface area (Å²) in [5.41, 5.74) is 0.652. The molecular formula is C16H15FINO2. The smallest absolute Gasteiger partial charge is 0.253 e. The van der Waals surface area contributed by atoms with Crippen LogP contribution in [0.3, 0.4) is 0 Å². The average molecular weight is 399 g/mol. The Labute approximate surface area is 136 Å². The molecule has 0 aliphatic heterocycles. The van der Waals surface area contributed by atoms with Crippen LogP contribution in [0, 0.1) is 9.39 Å². The Bertz CT molecular complexity index is 599. The molecule has 0 unspecified atom stereocenters. The van der Waals surface area contributed by atoms with E-state index in [2.05, 4.69) is 22.6 Å². The third-order valence-corrected chi connectivity index (χ3v) is 3.67. The highest BCUT2D eigenvalue weighted by Gasteiger charge is 2.11. The quantitative estimate of drug-likeness (QED) is 0.720. The predicted octanol–water partition coefficient (Wildman–Crippen LogP) is 3.58. The van der Waals surface area contributed by atoms with Gasteiger partial charge in [-0.05, 0) is 71.1 Å². The minimum Gasteiger partial charge on any atom is -0.492 e. The molecule has 0 aliphatic rings. The van der Waals surface area contributed by atoms with E-state index in [1.54, 1.807) is 36.2 Å². The zero-order valence-corrected chi connectivity index (χ0v) is 13.7. The molecule has 0 heterocycles. The highest BCUT2D eigenvalue weighted by molar-refractivity contribution is 14.1. The lowest BCUT2D eigenvalue weighted by Crippen LogP contribution is -2.30. The first kappa shape index (κ1) is 15.8. The van der Waals surface area contributed by atoms with Gasteiger partial charge in [0, 0.05) is 16.2 Å². The molecule has 0 aliphatic carbocycles. The van der Waals surface area contributed by atoms with E-state index in [9.17, 15) is 9.18 Å². The molecule has 0 N–H and O–H groups in total. The number of rotatable bonds is 5. The van der Waals surface area contributed by atoms with Crippen LogP contribution in [-0.4, -0.2) is 31.0 Å². The molecule has 0 spiro atoms. The van der Waals surface area contributed by atoms with E-state index < -0.39 is 0 Å². The predicted molar refractivity (Wildman–Crippen MR) is 88.0 cm³/mol. The van der Waals surface area contributed by atoms with E-state index in [1.165, 1.54) is 12.1 Å². The molecule has 0 bridgehead atoms. The largest absolute Gasteiger partial charge is 0.492 e. The van der Waals surface area contributed by atoms with Gasteiger partial charge in [-0.15, -0.1) is 0 Å². The number of ether oxygens (including phenoxy) is 1. The summed E-state index contributed by atoms with van der Waals surface area (Å²) in [6.45, 7) is 0.820. The van der Waals surface area contributed by atoms with Gasteiger partial charge >= 0.3 is 0 Å². The van der Waals surface area contributed by atoms with Crippen molar-refractivity contribution in [2.75, 3.05) is 20.2 Å². The number of hydrogen-bond acceptors (Lipinski definition) is 2. The summed E-state index contributed by atoms with van der Waals surface area (Å²) in [5, 5.41) is 0. The normalized spacial score (nSPS) is 10.2. The summed E-state index contributed by atoms with van der Waals surface area (Å²) < 4.78 is 19.3. The number of hydrogen-bond donors (Lipinski definition) is 0. The Morgan fingerprint density at radius 2 is 1.76 bits per heavy atom. The van der Waals surface area contributed by atoms with Crippen LogP contribution >= 0.6 is 22.6 Å². The molecule has 2 aromatic rings. The van der Waals surface area contributed by atoms with Crippen molar-refractivity contribution in [2.45, 2.75) is 0 Å². The van der Waals surface area contributed by atoms with Crippen molar-refractivity contribution in [3.05, 3.63) is 63.5 Å².